The number of likely N-dealkylation sites (N-methyl/N-ethyl adjacent to an activating group) is 1. The van der Waals surface area contributed by atoms with Crippen LogP contribution >= 0.6 is 0 Å². The summed E-state index contributed by atoms with van der Waals surface area (Å²) in [6.07, 6.45) is 2.45. The third-order valence-corrected chi connectivity index (χ3v) is 7.13. The second-order valence-corrected chi connectivity index (χ2v) is 11.1. The molecule has 40 heavy (non-hydrogen) atoms. The molecule has 0 saturated carbocycles. The lowest BCUT2D eigenvalue weighted by atomic mass is 10.0. The zero-order chi connectivity index (χ0) is 29.4. The van der Waals surface area contributed by atoms with Crippen LogP contribution in [0.25, 0.3) is 0 Å². The molecule has 1 aromatic carbocycles. The molecule has 2 aromatic rings. The predicted molar refractivity (Wildman–Crippen MR) is 154 cm³/mol. The average molecular weight is 560 g/mol. The van der Waals surface area contributed by atoms with Crippen molar-refractivity contribution in [2.75, 3.05) is 51.0 Å². The molecule has 0 radical (unpaired) electrons. The van der Waals surface area contributed by atoms with Crippen LogP contribution in [0.15, 0.2) is 22.7 Å². The standard InChI is InChI=1S/C29H45N5O6/c1-18-15-34(19(2)17-35)28(36)24-14-23(30-29(37)31-27-21(4)32-40-22(27)5)11-12-25(24)39-20(3)10-8-9-13-38-26(18)16-33(6)7/h11-12,14,18-20,26,35H,8-10,13,15-17H2,1-7H3,(H2,30,31,37)/t18-,19+,20+,26+/m1/s1. The van der Waals surface area contributed by atoms with Gasteiger partial charge >= 0.3 is 6.03 Å². The van der Waals surface area contributed by atoms with Gasteiger partial charge in [-0.2, -0.15) is 0 Å². The topological polar surface area (TPSA) is 129 Å². The van der Waals surface area contributed by atoms with E-state index in [9.17, 15) is 14.7 Å². The third-order valence-electron chi connectivity index (χ3n) is 7.13. The van der Waals surface area contributed by atoms with E-state index in [0.717, 1.165) is 25.8 Å². The summed E-state index contributed by atoms with van der Waals surface area (Å²) in [5, 5.41) is 19.5. The summed E-state index contributed by atoms with van der Waals surface area (Å²) < 4.78 is 17.6. The number of carbonyl (C=O) groups excluding carboxylic acids is 2. The van der Waals surface area contributed by atoms with Crippen molar-refractivity contribution >= 4 is 23.3 Å². The summed E-state index contributed by atoms with van der Waals surface area (Å²) >= 11 is 0. The molecule has 1 aliphatic heterocycles. The number of urea groups is 1. The normalized spacial score (nSPS) is 21.8. The number of fused-ring (bicyclic) bond motifs is 1. The zero-order valence-corrected chi connectivity index (χ0v) is 24.8. The Morgan fingerprint density at radius 3 is 2.62 bits per heavy atom. The number of nitrogens with one attached hydrogen (secondary N) is 2. The number of hydrogen-bond acceptors (Lipinski definition) is 8. The predicted octanol–water partition coefficient (Wildman–Crippen LogP) is 4.29. The van der Waals surface area contributed by atoms with Gasteiger partial charge in [0.15, 0.2) is 5.76 Å². The molecule has 11 heteroatoms. The third kappa shape index (κ3) is 8.42. The Bertz CT molecular complexity index is 1120. The minimum absolute atomic E-state index is 0.00807. The molecule has 0 spiro atoms. The molecule has 11 nitrogen and oxygen atoms in total. The monoisotopic (exact) mass is 559 g/mol. The molecule has 3 amide bonds. The number of anilines is 2. The van der Waals surface area contributed by atoms with Crippen LogP contribution in [-0.2, 0) is 4.74 Å². The lowest BCUT2D eigenvalue weighted by Gasteiger charge is -2.35. The first-order chi connectivity index (χ1) is 19.0. The van der Waals surface area contributed by atoms with Crippen molar-refractivity contribution in [1.82, 2.24) is 15.0 Å². The zero-order valence-electron chi connectivity index (χ0n) is 24.8. The summed E-state index contributed by atoms with van der Waals surface area (Å²) in [5.74, 6) is 0.656. The number of nitrogens with zero attached hydrogens (tertiary/aromatic N) is 3. The molecular formula is C29H45N5O6. The number of aryl methyl sites for hydroxylation is 2. The van der Waals surface area contributed by atoms with E-state index in [1.807, 2.05) is 27.9 Å². The Morgan fingerprint density at radius 2 is 1.98 bits per heavy atom. The van der Waals surface area contributed by atoms with Crippen molar-refractivity contribution in [2.24, 2.45) is 5.92 Å². The number of aromatic nitrogens is 1. The molecule has 0 bridgehead atoms. The molecule has 222 valence electrons. The lowest BCUT2D eigenvalue weighted by molar-refractivity contribution is -0.0137. The lowest BCUT2D eigenvalue weighted by Crippen LogP contribution is -2.47. The van der Waals surface area contributed by atoms with E-state index in [1.165, 1.54) is 0 Å². The van der Waals surface area contributed by atoms with E-state index in [0.29, 0.717) is 47.3 Å². The van der Waals surface area contributed by atoms with E-state index in [-0.39, 0.29) is 30.6 Å². The van der Waals surface area contributed by atoms with Crippen LogP contribution in [-0.4, -0.2) is 90.6 Å². The van der Waals surface area contributed by atoms with Gasteiger partial charge in [0.1, 0.15) is 17.1 Å². The highest BCUT2D eigenvalue weighted by Crippen LogP contribution is 2.29. The minimum atomic E-state index is -0.491. The highest BCUT2D eigenvalue weighted by molar-refractivity contribution is 6.03. The fourth-order valence-corrected chi connectivity index (χ4v) is 4.76. The molecule has 0 fully saturated rings. The Balaban J connectivity index is 1.94. The summed E-state index contributed by atoms with van der Waals surface area (Å²) in [5.41, 5.74) is 1.80. The number of aliphatic hydroxyl groups is 1. The van der Waals surface area contributed by atoms with Crippen LogP contribution in [0.5, 0.6) is 5.75 Å². The highest BCUT2D eigenvalue weighted by atomic mass is 16.5. The van der Waals surface area contributed by atoms with Gasteiger partial charge in [0.2, 0.25) is 0 Å². The first kappa shape index (κ1) is 31.4. The van der Waals surface area contributed by atoms with E-state index in [4.69, 9.17) is 14.0 Å². The van der Waals surface area contributed by atoms with Crippen LogP contribution in [0.2, 0.25) is 0 Å². The van der Waals surface area contributed by atoms with E-state index in [2.05, 4.69) is 27.6 Å². The number of amides is 3. The molecular weight excluding hydrogens is 514 g/mol. The molecule has 0 unspecified atom stereocenters. The number of benzene rings is 1. The molecule has 0 saturated heterocycles. The van der Waals surface area contributed by atoms with Crippen LogP contribution in [0.1, 0.15) is 61.8 Å². The quantitative estimate of drug-likeness (QED) is 0.478. The largest absolute Gasteiger partial charge is 0.490 e. The maximum absolute atomic E-state index is 14.1. The molecule has 4 atom stereocenters. The van der Waals surface area contributed by atoms with Gasteiger partial charge in [-0.15, -0.1) is 0 Å². The molecule has 0 aliphatic carbocycles. The van der Waals surface area contributed by atoms with Gasteiger partial charge in [-0.1, -0.05) is 12.1 Å². The smallest absolute Gasteiger partial charge is 0.323 e. The van der Waals surface area contributed by atoms with Crippen molar-refractivity contribution in [3.8, 4) is 5.75 Å². The van der Waals surface area contributed by atoms with Crippen LogP contribution in [0.4, 0.5) is 16.2 Å². The summed E-state index contributed by atoms with van der Waals surface area (Å²) in [7, 11) is 4.01. The maximum atomic E-state index is 14.1. The first-order valence-electron chi connectivity index (χ1n) is 14.0. The molecule has 1 aliphatic rings. The Kier molecular flexibility index (Phi) is 11.4. The van der Waals surface area contributed by atoms with Gasteiger partial charge in [0.25, 0.3) is 5.91 Å². The summed E-state index contributed by atoms with van der Waals surface area (Å²) in [4.78, 5) is 30.6. The minimum Gasteiger partial charge on any atom is -0.490 e. The van der Waals surface area contributed by atoms with Crippen LogP contribution in [0.3, 0.4) is 0 Å². The highest BCUT2D eigenvalue weighted by Gasteiger charge is 2.30. The number of carbonyl (C=O) groups is 2. The van der Waals surface area contributed by atoms with Gasteiger partial charge < -0.3 is 39.5 Å². The molecule has 1 aromatic heterocycles. The second-order valence-electron chi connectivity index (χ2n) is 11.1. The fourth-order valence-electron chi connectivity index (χ4n) is 4.76. The SMILES string of the molecule is Cc1noc(C)c1NC(=O)Nc1ccc2c(c1)C(=O)N([C@@H](C)CO)C[C@@H](C)[C@H](CN(C)C)OCCCC[C@H](C)O2. The number of hydrogen-bond donors (Lipinski definition) is 3. The number of rotatable bonds is 6. The summed E-state index contributed by atoms with van der Waals surface area (Å²) in [6.45, 7) is 10.9. The average Bonchev–Trinajstić information content (AvgIpc) is 3.22. The van der Waals surface area contributed by atoms with Crippen molar-refractivity contribution in [3.63, 3.8) is 0 Å². The first-order valence-corrected chi connectivity index (χ1v) is 14.0. The van der Waals surface area contributed by atoms with E-state index in [1.54, 1.807) is 36.9 Å². The number of aliphatic hydroxyl groups excluding tert-OH is 1. The van der Waals surface area contributed by atoms with Crippen LogP contribution in [0, 0.1) is 19.8 Å². The van der Waals surface area contributed by atoms with E-state index < -0.39 is 12.1 Å². The van der Waals surface area contributed by atoms with Gasteiger partial charge in [0, 0.05) is 31.3 Å². The maximum Gasteiger partial charge on any atom is 0.323 e. The Labute approximate surface area is 237 Å². The Hall–Kier alpha value is -3.15. The Morgan fingerprint density at radius 1 is 1.23 bits per heavy atom. The van der Waals surface area contributed by atoms with Crippen molar-refractivity contribution in [2.45, 2.75) is 72.1 Å². The molecule has 3 rings (SSSR count). The summed E-state index contributed by atoms with van der Waals surface area (Å²) in [6, 6.07) is 4.11. The van der Waals surface area contributed by atoms with Crippen LogP contribution < -0.4 is 15.4 Å². The van der Waals surface area contributed by atoms with Crippen molar-refractivity contribution in [3.05, 3.63) is 35.2 Å². The van der Waals surface area contributed by atoms with Crippen molar-refractivity contribution < 1.29 is 28.7 Å². The van der Waals surface area contributed by atoms with Gasteiger partial charge in [-0.05, 0) is 79.3 Å². The number of ether oxygens (including phenoxy) is 2. The van der Waals surface area contributed by atoms with Gasteiger partial charge in [0.05, 0.1) is 30.4 Å². The van der Waals surface area contributed by atoms with Gasteiger partial charge in [-0.3, -0.25) is 4.79 Å². The van der Waals surface area contributed by atoms with Crippen molar-refractivity contribution in [1.29, 1.82) is 0 Å². The molecule has 3 N–H and O–H groups in total. The molecule has 2 heterocycles. The second kappa shape index (κ2) is 14.5. The fraction of sp³-hybridized carbons (Fsp3) is 0.621. The van der Waals surface area contributed by atoms with Gasteiger partial charge in [-0.25, -0.2) is 4.79 Å². The van der Waals surface area contributed by atoms with E-state index >= 15 is 0 Å².